The van der Waals surface area contributed by atoms with Crippen molar-refractivity contribution in [2.75, 3.05) is 25.0 Å². The molecule has 0 aliphatic carbocycles. The molecular weight excluding hydrogens is 386 g/mol. The van der Waals surface area contributed by atoms with Crippen LogP contribution in [-0.2, 0) is 4.79 Å². The lowest BCUT2D eigenvalue weighted by molar-refractivity contribution is -0.120. The molecule has 2 N–H and O–H groups in total. The van der Waals surface area contributed by atoms with E-state index in [0.29, 0.717) is 25.3 Å². The number of thiazole rings is 1. The lowest BCUT2D eigenvalue weighted by Gasteiger charge is -2.07. The Morgan fingerprint density at radius 1 is 1.03 bits per heavy atom. The van der Waals surface area contributed by atoms with Crippen LogP contribution < -0.4 is 15.4 Å². The molecule has 0 saturated heterocycles. The normalized spacial score (nSPS) is 10.7. The minimum Gasteiger partial charge on any atom is -0.494 e. The summed E-state index contributed by atoms with van der Waals surface area (Å²) >= 11 is 1.58. The van der Waals surface area contributed by atoms with Crippen molar-refractivity contribution in [3.05, 3.63) is 54.1 Å². The molecular formula is C22H25N3O3S. The zero-order chi connectivity index (χ0) is 20.5. The van der Waals surface area contributed by atoms with E-state index in [-0.39, 0.29) is 24.5 Å². The molecule has 3 rings (SSSR count). The van der Waals surface area contributed by atoms with Crippen LogP contribution in [0.5, 0.6) is 5.75 Å². The second kappa shape index (κ2) is 10.6. The number of nitrogens with zero attached hydrogens (tertiary/aromatic N) is 1. The Balaban J connectivity index is 1.34. The van der Waals surface area contributed by atoms with Crippen LogP contribution in [-0.4, -0.2) is 36.4 Å². The van der Waals surface area contributed by atoms with Crippen molar-refractivity contribution in [1.29, 1.82) is 0 Å². The van der Waals surface area contributed by atoms with Crippen LogP contribution in [0.4, 0.5) is 5.13 Å². The molecule has 7 heteroatoms. The van der Waals surface area contributed by atoms with Gasteiger partial charge in [-0.1, -0.05) is 30.4 Å². The molecule has 0 unspecified atom stereocenters. The minimum absolute atomic E-state index is 0.0465. The van der Waals surface area contributed by atoms with E-state index in [1.807, 2.05) is 31.2 Å². The van der Waals surface area contributed by atoms with Crippen LogP contribution >= 0.6 is 11.3 Å². The number of anilines is 1. The Bertz CT molecular complexity index is 920. The average Bonchev–Trinajstić information content (AvgIpc) is 3.17. The molecule has 1 heterocycles. The van der Waals surface area contributed by atoms with Crippen molar-refractivity contribution in [3.8, 4) is 5.75 Å². The average molecular weight is 412 g/mol. The lowest BCUT2D eigenvalue weighted by Crippen LogP contribution is -2.29. The Morgan fingerprint density at radius 3 is 2.59 bits per heavy atom. The smallest absolute Gasteiger partial charge is 0.220 e. The number of ketones is 1. The van der Waals surface area contributed by atoms with E-state index in [1.165, 1.54) is 0 Å². The Labute approximate surface area is 174 Å². The molecule has 2 aromatic carbocycles. The number of carbonyl (C=O) groups is 2. The Hall–Kier alpha value is -2.93. The number of rotatable bonds is 11. The number of ether oxygens (including phenoxy) is 1. The zero-order valence-electron chi connectivity index (χ0n) is 16.4. The van der Waals surface area contributed by atoms with Gasteiger partial charge in [0.05, 0.1) is 16.8 Å². The number of benzene rings is 2. The van der Waals surface area contributed by atoms with Gasteiger partial charge in [-0.2, -0.15) is 0 Å². The summed E-state index contributed by atoms with van der Waals surface area (Å²) < 4.78 is 6.63. The second-order valence-corrected chi connectivity index (χ2v) is 7.59. The first-order chi connectivity index (χ1) is 14.2. The molecule has 0 fully saturated rings. The SMILES string of the molecule is CCCOc1ccc(C(=O)CCC(=O)NCCNc2nc3ccccc3s2)cc1. The standard InChI is InChI=1S/C22H25N3O3S/c1-2-15-28-17-9-7-16(8-10-17)19(26)11-12-21(27)23-13-14-24-22-25-18-5-3-4-6-20(18)29-22/h3-10H,2,11-15H2,1H3,(H,23,27)(H,24,25). The molecule has 1 aromatic heterocycles. The van der Waals surface area contributed by atoms with E-state index in [2.05, 4.69) is 15.6 Å². The van der Waals surface area contributed by atoms with Gasteiger partial charge in [0.25, 0.3) is 0 Å². The van der Waals surface area contributed by atoms with Crippen molar-refractivity contribution < 1.29 is 14.3 Å². The van der Waals surface area contributed by atoms with Crippen LogP contribution in [0.3, 0.4) is 0 Å². The van der Waals surface area contributed by atoms with Crippen LogP contribution in [0.25, 0.3) is 10.2 Å². The van der Waals surface area contributed by atoms with Gasteiger partial charge in [-0.25, -0.2) is 4.98 Å². The van der Waals surface area contributed by atoms with Crippen molar-refractivity contribution in [3.63, 3.8) is 0 Å². The Kier molecular flexibility index (Phi) is 7.58. The third-order valence-corrected chi connectivity index (χ3v) is 5.24. The van der Waals surface area contributed by atoms with Crippen molar-refractivity contribution >= 4 is 38.4 Å². The molecule has 6 nitrogen and oxygen atoms in total. The lowest BCUT2D eigenvalue weighted by atomic mass is 10.1. The summed E-state index contributed by atoms with van der Waals surface area (Å²) in [5.74, 6) is 0.573. The predicted octanol–water partition coefficient (Wildman–Crippen LogP) is 4.28. The van der Waals surface area contributed by atoms with E-state index in [4.69, 9.17) is 4.74 Å². The molecule has 0 aliphatic rings. The zero-order valence-corrected chi connectivity index (χ0v) is 17.3. The number of fused-ring (bicyclic) bond motifs is 1. The van der Waals surface area contributed by atoms with E-state index in [1.54, 1.807) is 35.6 Å². The molecule has 1 amide bonds. The molecule has 0 radical (unpaired) electrons. The van der Waals surface area contributed by atoms with E-state index < -0.39 is 0 Å². The quantitative estimate of drug-likeness (QED) is 0.364. The molecule has 0 aliphatic heterocycles. The van der Waals surface area contributed by atoms with Crippen LogP contribution in [0.1, 0.15) is 36.5 Å². The fraction of sp³-hybridized carbons (Fsp3) is 0.318. The fourth-order valence-electron chi connectivity index (χ4n) is 2.74. The summed E-state index contributed by atoms with van der Waals surface area (Å²) in [5, 5.41) is 6.88. The summed E-state index contributed by atoms with van der Waals surface area (Å²) in [7, 11) is 0. The third kappa shape index (κ3) is 6.29. The first-order valence-electron chi connectivity index (χ1n) is 9.78. The van der Waals surface area contributed by atoms with Gasteiger partial charge in [-0.15, -0.1) is 0 Å². The second-order valence-electron chi connectivity index (χ2n) is 6.56. The highest BCUT2D eigenvalue weighted by Crippen LogP contribution is 2.24. The predicted molar refractivity (Wildman–Crippen MR) is 117 cm³/mol. The molecule has 0 bridgehead atoms. The van der Waals surface area contributed by atoms with E-state index >= 15 is 0 Å². The van der Waals surface area contributed by atoms with Crippen LogP contribution in [0.2, 0.25) is 0 Å². The van der Waals surface area contributed by atoms with Gasteiger partial charge in [-0.05, 0) is 42.8 Å². The van der Waals surface area contributed by atoms with Gasteiger partial charge < -0.3 is 15.4 Å². The number of carbonyl (C=O) groups excluding carboxylic acids is 2. The highest BCUT2D eigenvalue weighted by atomic mass is 32.1. The van der Waals surface area contributed by atoms with Crippen LogP contribution in [0.15, 0.2) is 48.5 Å². The number of nitrogens with one attached hydrogen (secondary N) is 2. The summed E-state index contributed by atoms with van der Waals surface area (Å²) in [5.41, 5.74) is 1.56. The van der Waals surface area contributed by atoms with Gasteiger partial charge in [-0.3, -0.25) is 9.59 Å². The number of aromatic nitrogens is 1. The van der Waals surface area contributed by atoms with Crippen molar-refractivity contribution in [1.82, 2.24) is 10.3 Å². The van der Waals surface area contributed by atoms with Gasteiger partial charge in [0.1, 0.15) is 5.75 Å². The van der Waals surface area contributed by atoms with Gasteiger partial charge in [0.15, 0.2) is 10.9 Å². The maximum absolute atomic E-state index is 12.2. The molecule has 0 atom stereocenters. The summed E-state index contributed by atoms with van der Waals surface area (Å²) in [4.78, 5) is 28.7. The molecule has 0 spiro atoms. The summed E-state index contributed by atoms with van der Waals surface area (Å²) in [6.07, 6.45) is 1.30. The van der Waals surface area contributed by atoms with Gasteiger partial charge >= 0.3 is 0 Å². The fourth-order valence-corrected chi connectivity index (χ4v) is 3.63. The number of hydrogen-bond donors (Lipinski definition) is 2. The maximum atomic E-state index is 12.2. The molecule has 29 heavy (non-hydrogen) atoms. The maximum Gasteiger partial charge on any atom is 0.220 e. The van der Waals surface area contributed by atoms with Crippen molar-refractivity contribution in [2.45, 2.75) is 26.2 Å². The number of amides is 1. The Morgan fingerprint density at radius 2 is 1.83 bits per heavy atom. The summed E-state index contributed by atoms with van der Waals surface area (Å²) in [6, 6.07) is 15.0. The number of Topliss-reactive ketones (excluding diaryl/α,β-unsaturated/α-hetero) is 1. The summed E-state index contributed by atoms with van der Waals surface area (Å²) in [6.45, 7) is 3.76. The molecule has 0 saturated carbocycles. The first kappa shape index (κ1) is 20.8. The highest BCUT2D eigenvalue weighted by molar-refractivity contribution is 7.22. The van der Waals surface area contributed by atoms with E-state index in [9.17, 15) is 9.59 Å². The number of hydrogen-bond acceptors (Lipinski definition) is 6. The number of para-hydroxylation sites is 1. The topological polar surface area (TPSA) is 80.3 Å². The highest BCUT2D eigenvalue weighted by Gasteiger charge is 2.09. The first-order valence-corrected chi connectivity index (χ1v) is 10.6. The minimum atomic E-state index is -0.132. The molecule has 3 aromatic rings. The van der Waals surface area contributed by atoms with Crippen LogP contribution in [0, 0.1) is 0 Å². The van der Waals surface area contributed by atoms with Crippen molar-refractivity contribution in [2.24, 2.45) is 0 Å². The van der Waals surface area contributed by atoms with Gasteiger partial charge in [0, 0.05) is 31.5 Å². The third-order valence-electron chi connectivity index (χ3n) is 4.25. The largest absolute Gasteiger partial charge is 0.494 e. The monoisotopic (exact) mass is 411 g/mol. The van der Waals surface area contributed by atoms with E-state index in [0.717, 1.165) is 27.5 Å². The molecule has 152 valence electrons. The van der Waals surface area contributed by atoms with Gasteiger partial charge in [0.2, 0.25) is 5.91 Å².